The molecule has 1 atom stereocenters. The summed E-state index contributed by atoms with van der Waals surface area (Å²) in [5.74, 6) is 0. The zero-order valence-electron chi connectivity index (χ0n) is 9.49. The molecule has 4 heteroatoms. The molecule has 0 bridgehead atoms. The molecule has 3 nitrogen and oxygen atoms in total. The predicted octanol–water partition coefficient (Wildman–Crippen LogP) is 2.24. The Morgan fingerprint density at radius 3 is 3.20 bits per heavy atom. The first-order chi connectivity index (χ1) is 7.31. The zero-order chi connectivity index (χ0) is 10.7. The van der Waals surface area contributed by atoms with Crippen LogP contribution in [0.1, 0.15) is 32.4 Å². The molecule has 1 aliphatic rings. The quantitative estimate of drug-likeness (QED) is 0.852. The number of thiazole rings is 1. The molecule has 2 heterocycles. The highest BCUT2D eigenvalue weighted by Gasteiger charge is 2.22. The number of nitrogens with zero attached hydrogens (tertiary/aromatic N) is 2. The van der Waals surface area contributed by atoms with Crippen LogP contribution in [0.5, 0.6) is 0 Å². The fourth-order valence-electron chi connectivity index (χ4n) is 1.98. The summed E-state index contributed by atoms with van der Waals surface area (Å²) < 4.78 is 0. The minimum atomic E-state index is 0.670. The molecule has 1 fully saturated rings. The number of hydrogen-bond donors (Lipinski definition) is 1. The lowest BCUT2D eigenvalue weighted by Gasteiger charge is -2.19. The summed E-state index contributed by atoms with van der Waals surface area (Å²) in [6.45, 7) is 7.49. The molecule has 0 radical (unpaired) electrons. The average Bonchev–Trinajstić information content (AvgIpc) is 2.83. The third-order valence-electron chi connectivity index (χ3n) is 2.89. The summed E-state index contributed by atoms with van der Waals surface area (Å²) in [4.78, 5) is 7.09. The van der Waals surface area contributed by atoms with E-state index in [9.17, 15) is 0 Å². The van der Waals surface area contributed by atoms with Crippen molar-refractivity contribution in [2.75, 3.05) is 18.0 Å². The van der Waals surface area contributed by atoms with Crippen LogP contribution < -0.4 is 10.2 Å². The summed E-state index contributed by atoms with van der Waals surface area (Å²) in [6.07, 6.45) is 2.62. The number of hydrogen-bond acceptors (Lipinski definition) is 4. The third kappa shape index (κ3) is 2.49. The van der Waals surface area contributed by atoms with E-state index >= 15 is 0 Å². The lowest BCUT2D eigenvalue weighted by atomic mass is 10.2. The van der Waals surface area contributed by atoms with E-state index < -0.39 is 0 Å². The maximum atomic E-state index is 4.66. The van der Waals surface area contributed by atoms with Crippen molar-refractivity contribution in [3.63, 3.8) is 0 Å². The van der Waals surface area contributed by atoms with Crippen LogP contribution in [0.3, 0.4) is 0 Å². The molecule has 0 spiro atoms. The average molecular weight is 225 g/mol. The Morgan fingerprint density at radius 2 is 2.53 bits per heavy atom. The number of rotatable bonds is 4. The smallest absolute Gasteiger partial charge is 0.185 e. The molecule has 0 saturated carbocycles. The summed E-state index contributed by atoms with van der Waals surface area (Å²) in [7, 11) is 0. The van der Waals surface area contributed by atoms with E-state index in [1.165, 1.54) is 30.2 Å². The normalized spacial score (nSPS) is 21.2. The van der Waals surface area contributed by atoms with E-state index in [4.69, 9.17) is 0 Å². The fourth-order valence-corrected chi connectivity index (χ4v) is 2.93. The summed E-state index contributed by atoms with van der Waals surface area (Å²) in [5, 5.41) is 6.68. The second-order valence-electron chi connectivity index (χ2n) is 4.09. The summed E-state index contributed by atoms with van der Waals surface area (Å²) in [5.41, 5.74) is 1.18. The van der Waals surface area contributed by atoms with Gasteiger partial charge in [0.1, 0.15) is 0 Å². The van der Waals surface area contributed by atoms with Gasteiger partial charge in [0.2, 0.25) is 0 Å². The maximum Gasteiger partial charge on any atom is 0.185 e. The van der Waals surface area contributed by atoms with Crippen molar-refractivity contribution in [2.24, 2.45) is 0 Å². The van der Waals surface area contributed by atoms with Crippen molar-refractivity contribution in [2.45, 2.75) is 39.3 Å². The van der Waals surface area contributed by atoms with E-state index in [0.29, 0.717) is 6.04 Å². The van der Waals surface area contributed by atoms with Gasteiger partial charge in [0.15, 0.2) is 5.13 Å². The molecule has 2 rings (SSSR count). The van der Waals surface area contributed by atoms with E-state index in [0.717, 1.165) is 13.1 Å². The van der Waals surface area contributed by atoms with Gasteiger partial charge in [-0.25, -0.2) is 4.98 Å². The van der Waals surface area contributed by atoms with Crippen LogP contribution in [0.4, 0.5) is 5.13 Å². The largest absolute Gasteiger partial charge is 0.345 e. The monoisotopic (exact) mass is 225 g/mol. The van der Waals surface area contributed by atoms with Gasteiger partial charge in [-0.05, 0) is 26.3 Å². The van der Waals surface area contributed by atoms with Crippen LogP contribution >= 0.6 is 11.3 Å². The van der Waals surface area contributed by atoms with Gasteiger partial charge in [-0.15, -0.1) is 11.3 Å². The van der Waals surface area contributed by atoms with Gasteiger partial charge in [0, 0.05) is 24.5 Å². The second-order valence-corrected chi connectivity index (χ2v) is 4.92. The Balaban J connectivity index is 1.99. The summed E-state index contributed by atoms with van der Waals surface area (Å²) >= 11 is 1.78. The second kappa shape index (κ2) is 4.94. The molecule has 1 saturated heterocycles. The van der Waals surface area contributed by atoms with Gasteiger partial charge in [0.05, 0.1) is 5.69 Å². The standard InChI is InChI=1S/C11H19N3S/c1-3-12-7-10-8-15-11(13-10)14-6-4-5-9(14)2/h8-9,12H,3-7H2,1-2H3. The van der Waals surface area contributed by atoms with E-state index in [2.05, 4.69) is 34.4 Å². The number of aromatic nitrogens is 1. The molecule has 1 N–H and O–H groups in total. The molecule has 15 heavy (non-hydrogen) atoms. The van der Waals surface area contributed by atoms with Crippen LogP contribution in [0.25, 0.3) is 0 Å². The van der Waals surface area contributed by atoms with Crippen molar-refractivity contribution >= 4 is 16.5 Å². The van der Waals surface area contributed by atoms with Crippen molar-refractivity contribution in [3.8, 4) is 0 Å². The van der Waals surface area contributed by atoms with E-state index in [-0.39, 0.29) is 0 Å². The van der Waals surface area contributed by atoms with Crippen LogP contribution in [0.15, 0.2) is 5.38 Å². The van der Waals surface area contributed by atoms with Crippen molar-refractivity contribution in [1.29, 1.82) is 0 Å². The van der Waals surface area contributed by atoms with Crippen LogP contribution in [-0.2, 0) is 6.54 Å². The third-order valence-corrected chi connectivity index (χ3v) is 3.82. The zero-order valence-corrected chi connectivity index (χ0v) is 10.3. The topological polar surface area (TPSA) is 28.2 Å². The van der Waals surface area contributed by atoms with Crippen molar-refractivity contribution in [3.05, 3.63) is 11.1 Å². The molecule has 1 aromatic rings. The van der Waals surface area contributed by atoms with Crippen molar-refractivity contribution in [1.82, 2.24) is 10.3 Å². The number of nitrogens with one attached hydrogen (secondary N) is 1. The Hall–Kier alpha value is -0.610. The van der Waals surface area contributed by atoms with Gasteiger partial charge in [-0.1, -0.05) is 6.92 Å². The first-order valence-corrected chi connectivity index (χ1v) is 6.61. The molecule has 1 aliphatic heterocycles. The minimum absolute atomic E-state index is 0.670. The maximum absolute atomic E-state index is 4.66. The Bertz CT molecular complexity index is 311. The molecule has 0 amide bonds. The lowest BCUT2D eigenvalue weighted by molar-refractivity contribution is 0.706. The van der Waals surface area contributed by atoms with Crippen LogP contribution in [-0.4, -0.2) is 24.1 Å². The van der Waals surface area contributed by atoms with Gasteiger partial charge in [-0.3, -0.25) is 0 Å². The van der Waals surface area contributed by atoms with E-state index in [1.54, 1.807) is 11.3 Å². The van der Waals surface area contributed by atoms with Gasteiger partial charge in [0.25, 0.3) is 0 Å². The summed E-state index contributed by atoms with van der Waals surface area (Å²) in [6, 6.07) is 0.670. The van der Waals surface area contributed by atoms with Gasteiger partial charge < -0.3 is 10.2 Å². The SMILES string of the molecule is CCNCc1csc(N2CCCC2C)n1. The van der Waals surface area contributed by atoms with Gasteiger partial charge in [-0.2, -0.15) is 0 Å². The highest BCUT2D eigenvalue weighted by molar-refractivity contribution is 7.13. The molecule has 1 unspecified atom stereocenters. The first-order valence-electron chi connectivity index (χ1n) is 5.73. The highest BCUT2D eigenvalue weighted by atomic mass is 32.1. The fraction of sp³-hybridized carbons (Fsp3) is 0.727. The van der Waals surface area contributed by atoms with Crippen LogP contribution in [0.2, 0.25) is 0 Å². The molecular formula is C11H19N3S. The van der Waals surface area contributed by atoms with Crippen LogP contribution in [0, 0.1) is 0 Å². The first kappa shape index (κ1) is 10.9. The number of anilines is 1. The van der Waals surface area contributed by atoms with Crippen molar-refractivity contribution < 1.29 is 0 Å². The lowest BCUT2D eigenvalue weighted by Crippen LogP contribution is -2.26. The molecular weight excluding hydrogens is 206 g/mol. The van der Waals surface area contributed by atoms with E-state index in [1.807, 2.05) is 0 Å². The highest BCUT2D eigenvalue weighted by Crippen LogP contribution is 2.28. The molecule has 1 aromatic heterocycles. The molecule has 0 aliphatic carbocycles. The minimum Gasteiger partial charge on any atom is -0.345 e. The Morgan fingerprint density at radius 1 is 1.67 bits per heavy atom. The predicted molar refractivity (Wildman–Crippen MR) is 65.5 cm³/mol. The Labute approximate surface area is 95.5 Å². The Kier molecular flexibility index (Phi) is 3.59. The molecule has 84 valence electrons. The molecule has 0 aromatic carbocycles. The van der Waals surface area contributed by atoms with Gasteiger partial charge >= 0.3 is 0 Å².